The number of nitrogens with zero attached hydrogens (tertiary/aromatic N) is 1. The highest BCUT2D eigenvalue weighted by atomic mass is 35.5. The lowest BCUT2D eigenvalue weighted by molar-refractivity contribution is 0.0528. The van der Waals surface area contributed by atoms with Gasteiger partial charge in [0.05, 0.1) is 12.3 Å². The minimum absolute atomic E-state index is 0.103. The van der Waals surface area contributed by atoms with E-state index in [4.69, 9.17) is 26.5 Å². The molecule has 22 heavy (non-hydrogen) atoms. The summed E-state index contributed by atoms with van der Waals surface area (Å²) < 4.78 is 10.7. The van der Waals surface area contributed by atoms with Gasteiger partial charge in [0.25, 0.3) is 0 Å². The highest BCUT2D eigenvalue weighted by Crippen LogP contribution is 2.35. The average molecular weight is 317 g/mol. The summed E-state index contributed by atoms with van der Waals surface area (Å²) in [6, 6.07) is 11.0. The van der Waals surface area contributed by atoms with Gasteiger partial charge >= 0.3 is 5.97 Å². The van der Waals surface area contributed by atoms with Crippen molar-refractivity contribution in [3.8, 4) is 11.5 Å². The molecule has 2 aromatic carbocycles. The normalized spacial score (nSPS) is 10.8. The number of aromatic nitrogens is 1. The zero-order valence-electron chi connectivity index (χ0n) is 11.8. The first-order chi connectivity index (χ1) is 10.6. The van der Waals surface area contributed by atoms with Crippen LogP contribution < -0.4 is 5.73 Å². The van der Waals surface area contributed by atoms with Crippen LogP contribution in [0, 0.1) is 0 Å². The van der Waals surface area contributed by atoms with E-state index >= 15 is 0 Å². The van der Waals surface area contributed by atoms with Gasteiger partial charge in [-0.2, -0.15) is 0 Å². The monoisotopic (exact) mass is 316 g/mol. The van der Waals surface area contributed by atoms with Crippen molar-refractivity contribution in [2.45, 2.75) is 6.92 Å². The number of fused-ring (bicyclic) bond motifs is 1. The molecular formula is C16H13ClN2O3. The number of esters is 1. The van der Waals surface area contributed by atoms with Crippen molar-refractivity contribution < 1.29 is 13.9 Å². The molecule has 0 bridgehead atoms. The van der Waals surface area contributed by atoms with Crippen LogP contribution in [-0.4, -0.2) is 17.6 Å². The Hall–Kier alpha value is -2.53. The summed E-state index contributed by atoms with van der Waals surface area (Å²) in [7, 11) is 0. The summed E-state index contributed by atoms with van der Waals surface area (Å²) in [6.45, 7) is 1.95. The van der Waals surface area contributed by atoms with E-state index in [1.807, 2.05) is 30.3 Å². The van der Waals surface area contributed by atoms with E-state index < -0.39 is 5.97 Å². The summed E-state index contributed by atoms with van der Waals surface area (Å²) in [4.78, 5) is 16.3. The number of anilines is 1. The van der Waals surface area contributed by atoms with Crippen LogP contribution in [0.2, 0.25) is 5.02 Å². The van der Waals surface area contributed by atoms with Crippen molar-refractivity contribution in [3.05, 3.63) is 47.0 Å². The van der Waals surface area contributed by atoms with Crippen LogP contribution in [0.4, 0.5) is 5.69 Å². The highest BCUT2D eigenvalue weighted by molar-refractivity contribution is 6.38. The summed E-state index contributed by atoms with van der Waals surface area (Å²) >= 11 is 6.26. The van der Waals surface area contributed by atoms with Crippen LogP contribution in [0.25, 0.3) is 22.6 Å². The number of halogens is 1. The smallest absolute Gasteiger partial charge is 0.341 e. The van der Waals surface area contributed by atoms with Gasteiger partial charge in [-0.05, 0) is 25.1 Å². The van der Waals surface area contributed by atoms with E-state index in [0.29, 0.717) is 17.0 Å². The second-order valence-corrected chi connectivity index (χ2v) is 4.99. The second-order valence-electron chi connectivity index (χ2n) is 4.61. The Morgan fingerprint density at radius 1 is 1.36 bits per heavy atom. The number of hydrogen-bond acceptors (Lipinski definition) is 5. The maximum Gasteiger partial charge on any atom is 0.341 e. The molecule has 0 aliphatic heterocycles. The van der Waals surface area contributed by atoms with Crippen LogP contribution >= 0.6 is 11.6 Å². The third-order valence-corrected chi connectivity index (χ3v) is 3.51. The Labute approximate surface area is 131 Å². The number of nitrogens with two attached hydrogens (primary N) is 1. The predicted octanol–water partition coefficient (Wildman–Crippen LogP) is 3.91. The van der Waals surface area contributed by atoms with Gasteiger partial charge in [-0.25, -0.2) is 9.78 Å². The highest BCUT2D eigenvalue weighted by Gasteiger charge is 2.22. The second kappa shape index (κ2) is 5.69. The molecule has 0 spiro atoms. The zero-order chi connectivity index (χ0) is 15.7. The molecule has 0 fully saturated rings. The molecule has 1 heterocycles. The molecule has 6 heteroatoms. The van der Waals surface area contributed by atoms with E-state index in [2.05, 4.69) is 4.98 Å². The van der Waals surface area contributed by atoms with Gasteiger partial charge in [0.2, 0.25) is 5.89 Å². The molecule has 0 radical (unpaired) electrons. The number of carbonyl (C=O) groups excluding carboxylic acids is 1. The zero-order valence-corrected chi connectivity index (χ0v) is 12.6. The number of ether oxygens (including phenoxy) is 1. The largest absolute Gasteiger partial charge is 0.462 e. The number of rotatable bonds is 3. The summed E-state index contributed by atoms with van der Waals surface area (Å²) in [5.74, 6) is -0.164. The SMILES string of the molecule is CCOC(=O)c1c(N)cc2nc(-c3ccccc3)oc2c1Cl. The van der Waals surface area contributed by atoms with Gasteiger partial charge in [-0.15, -0.1) is 0 Å². The van der Waals surface area contributed by atoms with E-state index in [1.54, 1.807) is 13.0 Å². The standard InChI is InChI=1S/C16H13ClN2O3/c1-2-21-16(20)12-10(18)8-11-14(13(12)17)22-15(19-11)9-6-4-3-5-7-9/h3-8H,2,18H2,1H3. The van der Waals surface area contributed by atoms with Crippen molar-refractivity contribution in [3.63, 3.8) is 0 Å². The number of benzene rings is 2. The average Bonchev–Trinajstić information content (AvgIpc) is 2.92. The molecule has 0 saturated heterocycles. The van der Waals surface area contributed by atoms with E-state index in [-0.39, 0.29) is 22.9 Å². The Morgan fingerprint density at radius 3 is 2.77 bits per heavy atom. The van der Waals surface area contributed by atoms with Gasteiger partial charge in [0.1, 0.15) is 16.1 Å². The van der Waals surface area contributed by atoms with Crippen molar-refractivity contribution in [2.75, 3.05) is 12.3 Å². The van der Waals surface area contributed by atoms with E-state index in [1.165, 1.54) is 0 Å². The summed E-state index contributed by atoms with van der Waals surface area (Å²) in [6.07, 6.45) is 0. The van der Waals surface area contributed by atoms with Gasteiger partial charge < -0.3 is 14.9 Å². The maximum absolute atomic E-state index is 12.0. The summed E-state index contributed by atoms with van der Waals surface area (Å²) in [5, 5.41) is 0.114. The first kappa shape index (κ1) is 14.4. The molecular weight excluding hydrogens is 304 g/mol. The lowest BCUT2D eigenvalue weighted by Crippen LogP contribution is -2.08. The molecule has 5 nitrogen and oxygen atoms in total. The van der Waals surface area contributed by atoms with E-state index in [0.717, 1.165) is 5.56 Å². The fraction of sp³-hybridized carbons (Fsp3) is 0.125. The molecule has 0 saturated carbocycles. The lowest BCUT2D eigenvalue weighted by atomic mass is 10.1. The van der Waals surface area contributed by atoms with Crippen LogP contribution in [0.5, 0.6) is 0 Å². The van der Waals surface area contributed by atoms with Gasteiger partial charge in [-0.1, -0.05) is 29.8 Å². The molecule has 2 N–H and O–H groups in total. The molecule has 1 aromatic heterocycles. The van der Waals surface area contributed by atoms with Gasteiger partial charge in [0, 0.05) is 5.56 Å². The quantitative estimate of drug-likeness (QED) is 0.585. The Morgan fingerprint density at radius 2 is 2.09 bits per heavy atom. The number of oxazole rings is 1. The Bertz CT molecular complexity index is 843. The van der Waals surface area contributed by atoms with Crippen molar-refractivity contribution in [1.29, 1.82) is 0 Å². The first-order valence-electron chi connectivity index (χ1n) is 6.73. The molecule has 112 valence electrons. The molecule has 0 aliphatic rings. The molecule has 3 aromatic rings. The van der Waals surface area contributed by atoms with Gasteiger partial charge in [-0.3, -0.25) is 0 Å². The fourth-order valence-electron chi connectivity index (χ4n) is 2.16. The molecule has 0 atom stereocenters. The van der Waals surface area contributed by atoms with Crippen LogP contribution in [0.15, 0.2) is 40.8 Å². The van der Waals surface area contributed by atoms with Crippen molar-refractivity contribution in [2.24, 2.45) is 0 Å². The number of carbonyl (C=O) groups is 1. The molecule has 0 amide bonds. The van der Waals surface area contributed by atoms with Gasteiger partial charge in [0.15, 0.2) is 5.58 Å². The third-order valence-electron chi connectivity index (χ3n) is 3.15. The fourth-order valence-corrected chi connectivity index (χ4v) is 2.48. The maximum atomic E-state index is 12.0. The lowest BCUT2D eigenvalue weighted by Gasteiger charge is -2.06. The van der Waals surface area contributed by atoms with Crippen LogP contribution in [0.3, 0.4) is 0 Å². The summed E-state index contributed by atoms with van der Waals surface area (Å²) in [5.41, 5.74) is 7.84. The minimum atomic E-state index is -0.579. The van der Waals surface area contributed by atoms with Crippen molar-refractivity contribution >= 4 is 34.4 Å². The third kappa shape index (κ3) is 2.40. The number of hydrogen-bond donors (Lipinski definition) is 1. The first-order valence-corrected chi connectivity index (χ1v) is 7.10. The predicted molar refractivity (Wildman–Crippen MR) is 84.8 cm³/mol. The topological polar surface area (TPSA) is 78.4 Å². The van der Waals surface area contributed by atoms with E-state index in [9.17, 15) is 4.79 Å². The number of nitrogen functional groups attached to an aromatic ring is 1. The molecule has 0 unspecified atom stereocenters. The molecule has 3 rings (SSSR count). The Balaban J connectivity index is 2.17. The Kier molecular flexibility index (Phi) is 3.73. The minimum Gasteiger partial charge on any atom is -0.462 e. The molecule has 0 aliphatic carbocycles. The van der Waals surface area contributed by atoms with Crippen molar-refractivity contribution in [1.82, 2.24) is 4.98 Å². The van der Waals surface area contributed by atoms with Crippen LogP contribution in [-0.2, 0) is 4.74 Å². The van der Waals surface area contributed by atoms with Crippen LogP contribution in [0.1, 0.15) is 17.3 Å².